The van der Waals surface area contributed by atoms with Gasteiger partial charge in [0.2, 0.25) is 0 Å². The Morgan fingerprint density at radius 3 is 2.71 bits per heavy atom. The molecular formula is C28H26ClF2N5O2. The van der Waals surface area contributed by atoms with E-state index >= 15 is 0 Å². The zero-order valence-electron chi connectivity index (χ0n) is 20.3. The average molecular weight is 538 g/mol. The molecule has 0 saturated carbocycles. The molecule has 10 heteroatoms. The number of nitrogens with one attached hydrogen (secondary N) is 2. The van der Waals surface area contributed by atoms with Crippen LogP contribution in [0.25, 0.3) is 11.1 Å². The van der Waals surface area contributed by atoms with E-state index in [2.05, 4.69) is 15.6 Å². The van der Waals surface area contributed by atoms with Gasteiger partial charge in [-0.3, -0.25) is 20.3 Å². The molecule has 196 valence electrons. The maximum atomic E-state index is 15.0. The molecule has 3 atom stereocenters. The number of benzene rings is 2. The van der Waals surface area contributed by atoms with Gasteiger partial charge in [0.05, 0.1) is 10.6 Å². The number of dihydropyridines is 1. The van der Waals surface area contributed by atoms with Crippen LogP contribution in [-0.2, 0) is 4.79 Å². The average Bonchev–Trinajstić information content (AvgIpc) is 3.37. The van der Waals surface area contributed by atoms with Gasteiger partial charge in [-0.25, -0.2) is 4.39 Å². The van der Waals surface area contributed by atoms with Crippen LogP contribution in [0.3, 0.4) is 0 Å². The summed E-state index contributed by atoms with van der Waals surface area (Å²) in [4.78, 5) is 31.8. The van der Waals surface area contributed by atoms with Crippen molar-refractivity contribution in [1.82, 2.24) is 15.5 Å². The second kappa shape index (κ2) is 10.5. The number of allylic oxidation sites excluding steroid dienone is 3. The van der Waals surface area contributed by atoms with E-state index in [0.717, 1.165) is 5.56 Å². The van der Waals surface area contributed by atoms with Gasteiger partial charge in [0.15, 0.2) is 0 Å². The molecule has 0 spiro atoms. The molecule has 38 heavy (non-hydrogen) atoms. The number of carbonyl (C=O) groups is 2. The lowest BCUT2D eigenvalue weighted by molar-refractivity contribution is -0.119. The number of hydrogen-bond donors (Lipinski definition) is 3. The highest BCUT2D eigenvalue weighted by molar-refractivity contribution is 6.33. The molecule has 1 fully saturated rings. The van der Waals surface area contributed by atoms with Crippen molar-refractivity contribution < 1.29 is 18.4 Å². The maximum Gasteiger partial charge on any atom is 0.264 e. The molecule has 2 amide bonds. The van der Waals surface area contributed by atoms with Crippen molar-refractivity contribution in [3.8, 4) is 11.1 Å². The fraction of sp³-hybridized carbons (Fsp3) is 0.250. The van der Waals surface area contributed by atoms with Crippen molar-refractivity contribution in [3.63, 3.8) is 0 Å². The van der Waals surface area contributed by atoms with E-state index in [0.29, 0.717) is 36.1 Å². The molecule has 0 aromatic heterocycles. The Labute approximate surface area is 223 Å². The number of nitrogens with zero attached hydrogens (tertiary/aromatic N) is 2. The number of halogens is 3. The van der Waals surface area contributed by atoms with E-state index in [1.54, 1.807) is 47.6 Å². The first-order chi connectivity index (χ1) is 18.2. The second-order valence-electron chi connectivity index (χ2n) is 9.50. The zero-order chi connectivity index (χ0) is 26.9. The number of carbonyl (C=O) groups excluding carboxylic acids is 2. The molecule has 3 aliphatic heterocycles. The lowest BCUT2D eigenvalue weighted by Gasteiger charge is -2.30. The lowest BCUT2D eigenvalue weighted by atomic mass is 9.91. The van der Waals surface area contributed by atoms with E-state index in [9.17, 15) is 18.4 Å². The highest BCUT2D eigenvalue weighted by atomic mass is 35.5. The molecule has 7 nitrogen and oxygen atoms in total. The first-order valence-corrected chi connectivity index (χ1v) is 12.6. The number of rotatable bonds is 5. The van der Waals surface area contributed by atoms with Crippen molar-refractivity contribution in [2.75, 3.05) is 13.1 Å². The fourth-order valence-corrected chi connectivity index (χ4v) is 5.03. The lowest BCUT2D eigenvalue weighted by Crippen LogP contribution is -2.55. The van der Waals surface area contributed by atoms with E-state index in [4.69, 9.17) is 17.3 Å². The first-order valence-electron chi connectivity index (χ1n) is 12.2. The van der Waals surface area contributed by atoms with Gasteiger partial charge in [0, 0.05) is 54.8 Å². The van der Waals surface area contributed by atoms with E-state index < -0.39 is 17.6 Å². The van der Waals surface area contributed by atoms with Gasteiger partial charge in [-0.1, -0.05) is 29.8 Å². The number of amides is 2. The fourth-order valence-electron chi connectivity index (χ4n) is 4.75. The Hall–Kier alpha value is -3.82. The Balaban J connectivity index is 1.22. The Morgan fingerprint density at radius 2 is 2.00 bits per heavy atom. The summed E-state index contributed by atoms with van der Waals surface area (Å²) in [5, 5.41) is 5.58. The Morgan fingerprint density at radius 1 is 1.21 bits per heavy atom. The summed E-state index contributed by atoms with van der Waals surface area (Å²) in [6.07, 6.45) is 9.47. The predicted octanol–water partition coefficient (Wildman–Crippen LogP) is 4.08. The molecular weight excluding hydrogens is 512 g/mol. The summed E-state index contributed by atoms with van der Waals surface area (Å²) in [5.74, 6) is -3.84. The van der Waals surface area contributed by atoms with Crippen molar-refractivity contribution in [2.24, 2.45) is 16.6 Å². The van der Waals surface area contributed by atoms with Crippen molar-refractivity contribution in [2.45, 2.75) is 24.8 Å². The van der Waals surface area contributed by atoms with Gasteiger partial charge < -0.3 is 15.5 Å². The minimum absolute atomic E-state index is 0.0866. The summed E-state index contributed by atoms with van der Waals surface area (Å²) in [5.41, 5.74) is 8.09. The molecule has 5 rings (SSSR count). The first kappa shape index (κ1) is 25.8. The molecule has 1 saturated heterocycles. The minimum atomic E-state index is -2.52. The van der Waals surface area contributed by atoms with Crippen molar-refractivity contribution in [3.05, 3.63) is 94.6 Å². The van der Waals surface area contributed by atoms with Crippen LogP contribution in [0.5, 0.6) is 0 Å². The number of hydrogen-bond acceptors (Lipinski definition) is 5. The summed E-state index contributed by atoms with van der Waals surface area (Å²) < 4.78 is 28.3. The minimum Gasteiger partial charge on any atom is -0.348 e. The Kier molecular flexibility index (Phi) is 7.14. The highest BCUT2D eigenvalue weighted by Gasteiger charge is 2.38. The standard InChI is InChI=1S/C28H26ClF2N5O2/c29-25-13-21(30)7-8-23(25)17-3-5-18(6-4-17)27(38)36-11-9-22(16-36)35-26(37)24-12-20(15-34-28(24,31)32)19-2-1-10-33-14-19/h1,3-8,10,12-15,19,22,34H,2,9,11,16,32H2,(H,35,37)/t19?,22?,28-/m1/s1. The quantitative estimate of drug-likeness (QED) is 0.500. The van der Waals surface area contributed by atoms with Crippen LogP contribution in [0.2, 0.25) is 5.02 Å². The van der Waals surface area contributed by atoms with E-state index in [-0.39, 0.29) is 35.0 Å². The van der Waals surface area contributed by atoms with Gasteiger partial charge >= 0.3 is 0 Å². The molecule has 0 bridgehead atoms. The SMILES string of the molecule is N[C@@]1(F)NC=C(C2C=NC=CC2)C=C1C(=O)NC1CCN(C(=O)c2ccc(-c3ccc(F)cc3Cl)cc2)C1. The molecule has 3 aliphatic rings. The van der Waals surface area contributed by atoms with Gasteiger partial charge in [0.25, 0.3) is 17.7 Å². The monoisotopic (exact) mass is 537 g/mol. The van der Waals surface area contributed by atoms with E-state index in [1.807, 2.05) is 6.08 Å². The van der Waals surface area contributed by atoms with Gasteiger partial charge in [0.1, 0.15) is 5.82 Å². The molecule has 0 aliphatic carbocycles. The molecule has 2 unspecified atom stereocenters. The molecule has 4 N–H and O–H groups in total. The highest BCUT2D eigenvalue weighted by Crippen LogP contribution is 2.30. The number of aliphatic imine (C=N–C) groups is 1. The van der Waals surface area contributed by atoms with Crippen LogP contribution >= 0.6 is 11.6 Å². The third-order valence-electron chi connectivity index (χ3n) is 6.86. The van der Waals surface area contributed by atoms with Gasteiger partial charge in [-0.05, 0) is 60.4 Å². The van der Waals surface area contributed by atoms with Crippen molar-refractivity contribution in [1.29, 1.82) is 0 Å². The topological polar surface area (TPSA) is 99.8 Å². The predicted molar refractivity (Wildman–Crippen MR) is 142 cm³/mol. The third kappa shape index (κ3) is 5.39. The summed E-state index contributed by atoms with van der Waals surface area (Å²) in [6.45, 7) is 0.718. The normalized spacial score (nSPS) is 24.5. The molecule has 3 heterocycles. The van der Waals surface area contributed by atoms with Gasteiger partial charge in [-0.2, -0.15) is 4.39 Å². The largest absolute Gasteiger partial charge is 0.348 e. The van der Waals surface area contributed by atoms with E-state index in [1.165, 1.54) is 24.4 Å². The molecule has 0 radical (unpaired) electrons. The van der Waals surface area contributed by atoms with Crippen LogP contribution in [0.1, 0.15) is 23.2 Å². The maximum absolute atomic E-state index is 15.0. The number of alkyl halides is 1. The van der Waals surface area contributed by atoms with Crippen LogP contribution < -0.4 is 16.4 Å². The summed E-state index contributed by atoms with van der Waals surface area (Å²) in [7, 11) is 0. The molecule has 2 aromatic rings. The van der Waals surface area contributed by atoms with Crippen molar-refractivity contribution >= 4 is 29.6 Å². The molecule has 2 aromatic carbocycles. The van der Waals surface area contributed by atoms with Crippen LogP contribution in [0.4, 0.5) is 8.78 Å². The zero-order valence-corrected chi connectivity index (χ0v) is 21.1. The summed E-state index contributed by atoms with van der Waals surface area (Å²) >= 11 is 6.15. The number of nitrogens with two attached hydrogens (primary N) is 1. The number of likely N-dealkylation sites (tertiary alicyclic amines) is 1. The summed E-state index contributed by atoms with van der Waals surface area (Å²) in [6, 6.07) is 10.7. The smallest absolute Gasteiger partial charge is 0.264 e. The van der Waals surface area contributed by atoms with Crippen LogP contribution in [0.15, 0.2) is 83.2 Å². The Bertz CT molecular complexity index is 1380. The van der Waals surface area contributed by atoms with Crippen LogP contribution in [-0.4, -0.2) is 48.0 Å². The third-order valence-corrected chi connectivity index (χ3v) is 7.17. The van der Waals surface area contributed by atoms with Gasteiger partial charge in [-0.15, -0.1) is 0 Å². The van der Waals surface area contributed by atoms with Crippen LogP contribution in [0, 0.1) is 11.7 Å². The second-order valence-corrected chi connectivity index (χ2v) is 9.90.